The summed E-state index contributed by atoms with van der Waals surface area (Å²) in [5, 5.41) is 17.0. The Balaban J connectivity index is 1.46. The number of aromatic nitrogens is 3. The second kappa shape index (κ2) is 11.7. The predicted octanol–water partition coefficient (Wildman–Crippen LogP) is 4.66. The van der Waals surface area contributed by atoms with Crippen LogP contribution in [0.2, 0.25) is 0 Å². The van der Waals surface area contributed by atoms with Gasteiger partial charge in [-0.05, 0) is 77.3 Å². The Labute approximate surface area is 256 Å². The standard InChI is InChI=1S/C33H27BrN6O3/c1-2-36-30(41)22-8-11-26(12-9-22)39-31-25(16-21-6-4-3-5-7-21)19-37-40(31)29-20-38(15-14-27(29)33(39)43)32(42)23-10-13-28(34)24(17-23)18-35/h3-13,17,19H,2,14-16,20H2,1H3,(H,36,41). The third kappa shape index (κ3) is 5.24. The van der Waals surface area contributed by atoms with Crippen molar-refractivity contribution in [1.82, 2.24) is 24.4 Å². The number of carbonyl (C=O) groups excluding carboxylic acids is 2. The fourth-order valence-electron chi connectivity index (χ4n) is 5.52. The average Bonchev–Trinajstić information content (AvgIpc) is 3.45. The molecular formula is C33H27BrN6O3. The van der Waals surface area contributed by atoms with Gasteiger partial charge >= 0.3 is 0 Å². The monoisotopic (exact) mass is 634 g/mol. The van der Waals surface area contributed by atoms with Crippen molar-refractivity contribution in [2.24, 2.45) is 0 Å². The van der Waals surface area contributed by atoms with Crippen LogP contribution in [0.5, 0.6) is 0 Å². The molecule has 6 rings (SSSR count). The Morgan fingerprint density at radius 3 is 2.51 bits per heavy atom. The van der Waals surface area contributed by atoms with E-state index in [0.29, 0.717) is 69.7 Å². The molecule has 3 heterocycles. The molecule has 9 nitrogen and oxygen atoms in total. The van der Waals surface area contributed by atoms with Crippen molar-refractivity contribution in [3.05, 3.63) is 133 Å². The van der Waals surface area contributed by atoms with E-state index in [2.05, 4.69) is 27.3 Å². The zero-order valence-electron chi connectivity index (χ0n) is 23.4. The number of amides is 2. The van der Waals surface area contributed by atoms with Gasteiger partial charge in [-0.1, -0.05) is 30.3 Å². The maximum Gasteiger partial charge on any atom is 0.261 e. The highest BCUT2D eigenvalue weighted by molar-refractivity contribution is 9.10. The molecule has 3 aromatic carbocycles. The average molecular weight is 636 g/mol. The van der Waals surface area contributed by atoms with Crippen LogP contribution in [0.1, 0.15) is 55.6 Å². The SMILES string of the molecule is CCNC(=O)c1ccc(-n2c(=O)c3c(n4ncc(Cc5ccccc5)c24)CN(C(=O)c2ccc(Br)c(C#N)c2)CC3)cc1. The summed E-state index contributed by atoms with van der Waals surface area (Å²) in [5.41, 5.74) is 5.53. The van der Waals surface area contributed by atoms with Gasteiger partial charge in [0.2, 0.25) is 0 Å². The van der Waals surface area contributed by atoms with Gasteiger partial charge in [0.15, 0.2) is 0 Å². The Kier molecular flexibility index (Phi) is 7.65. The highest BCUT2D eigenvalue weighted by Gasteiger charge is 2.29. The maximum absolute atomic E-state index is 14.2. The first-order valence-corrected chi connectivity index (χ1v) is 14.7. The molecule has 0 aliphatic carbocycles. The number of benzene rings is 3. The lowest BCUT2D eigenvalue weighted by Gasteiger charge is -2.30. The van der Waals surface area contributed by atoms with E-state index in [9.17, 15) is 19.6 Å². The summed E-state index contributed by atoms with van der Waals surface area (Å²) in [5.74, 6) is -0.395. The number of nitriles is 1. The molecule has 10 heteroatoms. The summed E-state index contributed by atoms with van der Waals surface area (Å²) < 4.78 is 4.06. The third-order valence-corrected chi connectivity index (χ3v) is 8.34. The van der Waals surface area contributed by atoms with Gasteiger partial charge in [0.25, 0.3) is 17.4 Å². The van der Waals surface area contributed by atoms with Crippen LogP contribution in [0.3, 0.4) is 0 Å². The van der Waals surface area contributed by atoms with Crippen LogP contribution in [0, 0.1) is 11.3 Å². The van der Waals surface area contributed by atoms with Crippen LogP contribution in [0.15, 0.2) is 88.3 Å². The first kappa shape index (κ1) is 28.1. The number of hydrogen-bond acceptors (Lipinski definition) is 5. The largest absolute Gasteiger partial charge is 0.352 e. The minimum atomic E-state index is -0.218. The zero-order valence-corrected chi connectivity index (χ0v) is 25.0. The molecule has 2 amide bonds. The molecule has 1 N–H and O–H groups in total. The molecule has 1 aliphatic rings. The molecule has 0 bridgehead atoms. The molecular weight excluding hydrogens is 608 g/mol. The number of rotatable bonds is 6. The lowest BCUT2D eigenvalue weighted by molar-refractivity contribution is 0.0729. The molecule has 0 radical (unpaired) electrons. The van der Waals surface area contributed by atoms with Crippen molar-refractivity contribution in [1.29, 1.82) is 5.26 Å². The highest BCUT2D eigenvalue weighted by Crippen LogP contribution is 2.26. The third-order valence-electron chi connectivity index (χ3n) is 7.65. The molecule has 0 fully saturated rings. The smallest absolute Gasteiger partial charge is 0.261 e. The van der Waals surface area contributed by atoms with E-state index in [1.54, 1.807) is 62.6 Å². The molecule has 214 valence electrons. The van der Waals surface area contributed by atoms with Crippen molar-refractivity contribution >= 4 is 33.4 Å². The number of fused-ring (bicyclic) bond motifs is 3. The van der Waals surface area contributed by atoms with E-state index in [4.69, 9.17) is 5.10 Å². The van der Waals surface area contributed by atoms with Crippen molar-refractivity contribution in [3.63, 3.8) is 0 Å². The number of hydrogen-bond donors (Lipinski definition) is 1. The van der Waals surface area contributed by atoms with Crippen LogP contribution < -0.4 is 10.9 Å². The van der Waals surface area contributed by atoms with Crippen LogP contribution >= 0.6 is 15.9 Å². The molecule has 2 aromatic heterocycles. The Hall–Kier alpha value is -5.01. The second-order valence-corrected chi connectivity index (χ2v) is 11.2. The van der Waals surface area contributed by atoms with Gasteiger partial charge in [-0.3, -0.25) is 19.0 Å². The molecule has 0 spiro atoms. The van der Waals surface area contributed by atoms with Crippen LogP contribution in [0.4, 0.5) is 0 Å². The zero-order chi connectivity index (χ0) is 30.1. The fraction of sp³-hybridized carbons (Fsp3) is 0.182. The molecule has 0 atom stereocenters. The van der Waals surface area contributed by atoms with Gasteiger partial charge in [-0.25, -0.2) is 4.52 Å². The topological polar surface area (TPSA) is 112 Å². The summed E-state index contributed by atoms with van der Waals surface area (Å²) in [6.07, 6.45) is 2.68. The van der Waals surface area contributed by atoms with Crippen LogP contribution in [-0.2, 0) is 19.4 Å². The summed E-state index contributed by atoms with van der Waals surface area (Å²) >= 11 is 3.35. The summed E-state index contributed by atoms with van der Waals surface area (Å²) in [6, 6.07) is 24.0. The number of nitrogens with zero attached hydrogens (tertiary/aromatic N) is 5. The van der Waals surface area contributed by atoms with Gasteiger partial charge in [0, 0.05) is 46.2 Å². The predicted molar refractivity (Wildman–Crippen MR) is 165 cm³/mol. The summed E-state index contributed by atoms with van der Waals surface area (Å²) in [7, 11) is 0. The Morgan fingerprint density at radius 2 is 1.79 bits per heavy atom. The molecule has 1 aliphatic heterocycles. The van der Waals surface area contributed by atoms with Gasteiger partial charge in [-0.15, -0.1) is 0 Å². The first-order valence-electron chi connectivity index (χ1n) is 13.9. The van der Waals surface area contributed by atoms with Gasteiger partial charge in [-0.2, -0.15) is 10.4 Å². The van der Waals surface area contributed by atoms with E-state index >= 15 is 0 Å². The van der Waals surface area contributed by atoms with Crippen LogP contribution in [0.25, 0.3) is 11.3 Å². The lowest BCUT2D eigenvalue weighted by atomic mass is 10.0. The fourth-order valence-corrected chi connectivity index (χ4v) is 5.85. The highest BCUT2D eigenvalue weighted by atomic mass is 79.9. The summed E-state index contributed by atoms with van der Waals surface area (Å²) in [6.45, 7) is 2.92. The molecule has 43 heavy (non-hydrogen) atoms. The van der Waals surface area contributed by atoms with E-state index in [1.807, 2.05) is 37.3 Å². The molecule has 0 saturated heterocycles. The van der Waals surface area contributed by atoms with Crippen molar-refractivity contribution in [3.8, 4) is 11.8 Å². The number of halogens is 1. The minimum absolute atomic E-state index is 0.175. The number of nitrogens with one attached hydrogen (secondary N) is 1. The quantitative estimate of drug-likeness (QED) is 0.292. The molecule has 0 saturated carbocycles. The lowest BCUT2D eigenvalue weighted by Crippen LogP contribution is -2.41. The molecule has 0 unspecified atom stereocenters. The Bertz CT molecular complexity index is 1970. The van der Waals surface area contributed by atoms with Gasteiger partial charge in [0.1, 0.15) is 11.7 Å². The van der Waals surface area contributed by atoms with E-state index in [0.717, 1.165) is 11.1 Å². The normalized spacial score (nSPS) is 12.5. The second-order valence-electron chi connectivity index (χ2n) is 10.3. The van der Waals surface area contributed by atoms with E-state index < -0.39 is 0 Å². The van der Waals surface area contributed by atoms with E-state index in [1.165, 1.54) is 0 Å². The van der Waals surface area contributed by atoms with Crippen LogP contribution in [-0.4, -0.2) is 44.0 Å². The first-order chi connectivity index (χ1) is 20.9. The number of carbonyl (C=O) groups is 2. The van der Waals surface area contributed by atoms with Gasteiger partial charge < -0.3 is 10.2 Å². The van der Waals surface area contributed by atoms with Crippen molar-refractivity contribution in [2.45, 2.75) is 26.3 Å². The van der Waals surface area contributed by atoms with Crippen molar-refractivity contribution < 1.29 is 9.59 Å². The van der Waals surface area contributed by atoms with Crippen molar-refractivity contribution in [2.75, 3.05) is 13.1 Å². The Morgan fingerprint density at radius 1 is 1.05 bits per heavy atom. The molecule has 5 aromatic rings. The van der Waals surface area contributed by atoms with E-state index in [-0.39, 0.29) is 23.9 Å². The summed E-state index contributed by atoms with van der Waals surface area (Å²) in [4.78, 5) is 41.8. The van der Waals surface area contributed by atoms with Gasteiger partial charge in [0.05, 0.1) is 29.7 Å². The minimum Gasteiger partial charge on any atom is -0.352 e. The maximum atomic E-state index is 14.2.